The van der Waals surface area contributed by atoms with Crippen LogP contribution in [0.2, 0.25) is 0 Å². The Hall–Kier alpha value is -0.540. The molecule has 1 aromatic carbocycles. The molecule has 0 saturated carbocycles. The van der Waals surface area contributed by atoms with Crippen molar-refractivity contribution in [2.45, 2.75) is 39.7 Å². The maximum absolute atomic E-state index is 5.93. The molecule has 96 valence electrons. The van der Waals surface area contributed by atoms with Crippen LogP contribution >= 0.6 is 15.9 Å². The fourth-order valence-electron chi connectivity index (χ4n) is 1.83. The normalized spacial score (nSPS) is 12.5. The third-order valence-electron chi connectivity index (χ3n) is 2.78. The molecule has 1 aromatic rings. The van der Waals surface area contributed by atoms with E-state index in [0.29, 0.717) is 0 Å². The van der Waals surface area contributed by atoms with E-state index in [1.165, 1.54) is 15.6 Å². The lowest BCUT2D eigenvalue weighted by Crippen LogP contribution is -2.15. The zero-order chi connectivity index (χ0) is 12.8. The van der Waals surface area contributed by atoms with Gasteiger partial charge in [-0.2, -0.15) is 0 Å². The van der Waals surface area contributed by atoms with Crippen LogP contribution in [-0.2, 0) is 0 Å². The van der Waals surface area contributed by atoms with Gasteiger partial charge >= 0.3 is 0 Å². The summed E-state index contributed by atoms with van der Waals surface area (Å²) in [5, 5.41) is 3.15. The summed E-state index contributed by atoms with van der Waals surface area (Å²) >= 11 is 3.57. The maximum Gasteiger partial charge on any atom is 0.120 e. The van der Waals surface area contributed by atoms with Gasteiger partial charge in [0.1, 0.15) is 5.75 Å². The number of hydrogen-bond donors (Lipinski definition) is 1. The summed E-state index contributed by atoms with van der Waals surface area (Å²) in [5.74, 6) is 0.972. The molecule has 0 saturated heterocycles. The van der Waals surface area contributed by atoms with Gasteiger partial charge in [-0.05, 0) is 70.5 Å². The van der Waals surface area contributed by atoms with E-state index in [-0.39, 0.29) is 6.10 Å². The molecule has 0 aromatic heterocycles. The third kappa shape index (κ3) is 4.68. The second kappa shape index (κ2) is 7.02. The lowest BCUT2D eigenvalue weighted by Gasteiger charge is -2.16. The first-order valence-electron chi connectivity index (χ1n) is 6.12. The summed E-state index contributed by atoms with van der Waals surface area (Å²) in [5.41, 5.74) is 2.45. The zero-order valence-electron chi connectivity index (χ0n) is 11.1. The highest BCUT2D eigenvalue weighted by Crippen LogP contribution is 2.27. The van der Waals surface area contributed by atoms with Crippen molar-refractivity contribution in [3.63, 3.8) is 0 Å². The van der Waals surface area contributed by atoms with Crippen molar-refractivity contribution in [1.82, 2.24) is 5.32 Å². The molecule has 1 rings (SSSR count). The molecule has 0 spiro atoms. The molecule has 0 heterocycles. The SMILES string of the molecule is CNCCCC(C)Oc1cc(C)c(Br)c(C)c1. The maximum atomic E-state index is 5.93. The van der Waals surface area contributed by atoms with E-state index >= 15 is 0 Å². The van der Waals surface area contributed by atoms with Crippen LogP contribution in [0.1, 0.15) is 30.9 Å². The Labute approximate surface area is 113 Å². The van der Waals surface area contributed by atoms with Crippen LogP contribution in [-0.4, -0.2) is 19.7 Å². The Kier molecular flexibility index (Phi) is 6.00. The monoisotopic (exact) mass is 299 g/mol. The molecule has 0 aliphatic rings. The highest BCUT2D eigenvalue weighted by molar-refractivity contribution is 9.10. The van der Waals surface area contributed by atoms with Crippen LogP contribution in [0.3, 0.4) is 0 Å². The average Bonchev–Trinajstić information content (AvgIpc) is 2.26. The Bertz CT molecular complexity index is 342. The van der Waals surface area contributed by atoms with Crippen molar-refractivity contribution in [1.29, 1.82) is 0 Å². The number of hydrogen-bond acceptors (Lipinski definition) is 2. The topological polar surface area (TPSA) is 21.3 Å². The fraction of sp³-hybridized carbons (Fsp3) is 0.571. The summed E-state index contributed by atoms with van der Waals surface area (Å²) in [4.78, 5) is 0. The predicted molar refractivity (Wildman–Crippen MR) is 76.9 cm³/mol. The smallest absolute Gasteiger partial charge is 0.120 e. The van der Waals surface area contributed by atoms with Gasteiger partial charge in [-0.3, -0.25) is 0 Å². The number of ether oxygens (including phenoxy) is 1. The number of rotatable bonds is 6. The molecule has 0 aliphatic heterocycles. The lowest BCUT2D eigenvalue weighted by molar-refractivity contribution is 0.207. The summed E-state index contributed by atoms with van der Waals surface area (Å²) in [6.45, 7) is 7.36. The molecule has 0 amide bonds. The molecule has 17 heavy (non-hydrogen) atoms. The van der Waals surface area contributed by atoms with E-state index in [2.05, 4.69) is 54.2 Å². The number of aryl methyl sites for hydroxylation is 2. The van der Waals surface area contributed by atoms with E-state index in [9.17, 15) is 0 Å². The third-order valence-corrected chi connectivity index (χ3v) is 4.04. The van der Waals surface area contributed by atoms with E-state index in [1.54, 1.807) is 0 Å². The molecular formula is C14H22BrNO. The quantitative estimate of drug-likeness (QED) is 0.806. The Morgan fingerprint density at radius 1 is 1.29 bits per heavy atom. The molecule has 1 unspecified atom stereocenters. The highest BCUT2D eigenvalue weighted by Gasteiger charge is 2.07. The van der Waals surface area contributed by atoms with Crippen molar-refractivity contribution < 1.29 is 4.74 Å². The first-order valence-corrected chi connectivity index (χ1v) is 6.92. The predicted octanol–water partition coefficient (Wildman–Crippen LogP) is 3.83. The Balaban J connectivity index is 2.56. The summed E-state index contributed by atoms with van der Waals surface area (Å²) < 4.78 is 7.10. The molecule has 1 N–H and O–H groups in total. The van der Waals surface area contributed by atoms with Crippen LogP contribution in [0.5, 0.6) is 5.75 Å². The van der Waals surface area contributed by atoms with Crippen LogP contribution in [0.15, 0.2) is 16.6 Å². The van der Waals surface area contributed by atoms with Gasteiger partial charge in [0.2, 0.25) is 0 Å². The van der Waals surface area contributed by atoms with Crippen molar-refractivity contribution in [2.75, 3.05) is 13.6 Å². The van der Waals surface area contributed by atoms with Gasteiger partial charge in [0.05, 0.1) is 6.10 Å². The summed E-state index contributed by atoms with van der Waals surface area (Å²) in [6, 6.07) is 4.18. The second-order valence-electron chi connectivity index (χ2n) is 4.55. The first kappa shape index (κ1) is 14.5. The summed E-state index contributed by atoms with van der Waals surface area (Å²) in [7, 11) is 1.98. The van der Waals surface area contributed by atoms with E-state index in [0.717, 1.165) is 25.1 Å². The fourth-order valence-corrected chi connectivity index (χ4v) is 2.06. The van der Waals surface area contributed by atoms with Crippen LogP contribution < -0.4 is 10.1 Å². The largest absolute Gasteiger partial charge is 0.491 e. The van der Waals surface area contributed by atoms with Crippen LogP contribution in [0, 0.1) is 13.8 Å². The number of nitrogens with one attached hydrogen (secondary N) is 1. The highest BCUT2D eigenvalue weighted by atomic mass is 79.9. The molecule has 0 fully saturated rings. The lowest BCUT2D eigenvalue weighted by atomic mass is 10.1. The minimum Gasteiger partial charge on any atom is -0.491 e. The van der Waals surface area contributed by atoms with Crippen LogP contribution in [0.25, 0.3) is 0 Å². The average molecular weight is 300 g/mol. The van der Waals surface area contributed by atoms with Crippen molar-refractivity contribution in [2.24, 2.45) is 0 Å². The van der Waals surface area contributed by atoms with Crippen molar-refractivity contribution >= 4 is 15.9 Å². The van der Waals surface area contributed by atoms with Gasteiger partial charge in [0, 0.05) is 4.47 Å². The van der Waals surface area contributed by atoms with Gasteiger partial charge < -0.3 is 10.1 Å². The molecular weight excluding hydrogens is 278 g/mol. The number of benzene rings is 1. The van der Waals surface area contributed by atoms with E-state index in [1.807, 2.05) is 7.05 Å². The molecule has 0 bridgehead atoms. The molecule has 3 heteroatoms. The number of halogens is 1. The molecule has 2 nitrogen and oxygen atoms in total. The second-order valence-corrected chi connectivity index (χ2v) is 5.34. The minimum absolute atomic E-state index is 0.267. The van der Waals surface area contributed by atoms with Gasteiger partial charge in [-0.15, -0.1) is 0 Å². The Morgan fingerprint density at radius 3 is 2.41 bits per heavy atom. The first-order chi connectivity index (χ1) is 8.04. The minimum atomic E-state index is 0.267. The van der Waals surface area contributed by atoms with Gasteiger partial charge in [0.25, 0.3) is 0 Å². The zero-order valence-corrected chi connectivity index (χ0v) is 12.7. The van der Waals surface area contributed by atoms with Crippen molar-refractivity contribution in [3.8, 4) is 5.75 Å². The summed E-state index contributed by atoms with van der Waals surface area (Å²) in [6.07, 6.45) is 2.49. The van der Waals surface area contributed by atoms with Gasteiger partial charge in [-0.1, -0.05) is 15.9 Å². The molecule has 0 radical (unpaired) electrons. The van der Waals surface area contributed by atoms with Crippen molar-refractivity contribution in [3.05, 3.63) is 27.7 Å². The van der Waals surface area contributed by atoms with E-state index in [4.69, 9.17) is 4.74 Å². The molecule has 1 atom stereocenters. The van der Waals surface area contributed by atoms with Crippen LogP contribution in [0.4, 0.5) is 0 Å². The van der Waals surface area contributed by atoms with Gasteiger partial charge in [0.15, 0.2) is 0 Å². The Morgan fingerprint density at radius 2 is 1.88 bits per heavy atom. The van der Waals surface area contributed by atoms with Gasteiger partial charge in [-0.25, -0.2) is 0 Å². The standard InChI is InChI=1S/C14H22BrNO/c1-10-8-13(9-11(2)14(10)15)17-12(3)6-5-7-16-4/h8-9,12,16H,5-7H2,1-4H3. The van der Waals surface area contributed by atoms with E-state index < -0.39 is 0 Å². The molecule has 0 aliphatic carbocycles.